The Balaban J connectivity index is 2.13. The van der Waals surface area contributed by atoms with Gasteiger partial charge in [0.05, 0.1) is 12.6 Å². The molecule has 3 N–H and O–H groups in total. The number of rotatable bonds is 3. The molecule has 1 unspecified atom stereocenters. The number of carbonyl (C=O) groups is 1. The van der Waals surface area contributed by atoms with Crippen LogP contribution in [-0.2, 0) is 17.6 Å². The molecule has 17 heavy (non-hydrogen) atoms. The van der Waals surface area contributed by atoms with Gasteiger partial charge < -0.3 is 11.1 Å². The Morgan fingerprint density at radius 2 is 2.06 bits per heavy atom. The third-order valence-electron chi connectivity index (χ3n) is 3.44. The first-order valence-corrected chi connectivity index (χ1v) is 6.32. The lowest BCUT2D eigenvalue weighted by Crippen LogP contribution is -2.32. The van der Waals surface area contributed by atoms with Gasteiger partial charge in [0.2, 0.25) is 5.91 Å². The Morgan fingerprint density at radius 1 is 1.35 bits per heavy atom. The fraction of sp³-hybridized carbons (Fsp3) is 0.500. The van der Waals surface area contributed by atoms with E-state index in [0.717, 1.165) is 0 Å². The van der Waals surface area contributed by atoms with Crippen LogP contribution in [0.25, 0.3) is 0 Å². The van der Waals surface area contributed by atoms with Crippen molar-refractivity contribution in [1.82, 2.24) is 5.32 Å². The number of nitrogens with one attached hydrogen (secondary N) is 1. The van der Waals surface area contributed by atoms with Crippen molar-refractivity contribution < 1.29 is 4.79 Å². The van der Waals surface area contributed by atoms with Crippen molar-refractivity contribution in [3.8, 4) is 0 Å². The number of hydrogen-bond acceptors (Lipinski definition) is 2. The van der Waals surface area contributed by atoms with E-state index in [4.69, 9.17) is 5.73 Å². The Morgan fingerprint density at radius 3 is 2.76 bits per heavy atom. The standard InChI is InChI=1S/C14H20N2O/c1-10(16-14(17)9-15)12-7-6-11-4-2-3-5-13(11)8-12/h6-8,10H,2-5,9,15H2,1H3,(H,16,17). The SMILES string of the molecule is CC(NC(=O)CN)c1ccc2c(c1)CCCC2. The maximum atomic E-state index is 11.2. The van der Waals surface area contributed by atoms with E-state index < -0.39 is 0 Å². The summed E-state index contributed by atoms with van der Waals surface area (Å²) in [5.74, 6) is -0.102. The maximum Gasteiger partial charge on any atom is 0.234 e. The first kappa shape index (κ1) is 12.1. The van der Waals surface area contributed by atoms with Crippen LogP contribution in [0.3, 0.4) is 0 Å². The van der Waals surface area contributed by atoms with Gasteiger partial charge in [-0.25, -0.2) is 0 Å². The van der Waals surface area contributed by atoms with Crippen LogP contribution in [-0.4, -0.2) is 12.5 Å². The summed E-state index contributed by atoms with van der Waals surface area (Å²) in [7, 11) is 0. The van der Waals surface area contributed by atoms with E-state index in [-0.39, 0.29) is 18.5 Å². The molecule has 0 radical (unpaired) electrons. The van der Waals surface area contributed by atoms with Gasteiger partial charge >= 0.3 is 0 Å². The van der Waals surface area contributed by atoms with Gasteiger partial charge in [-0.3, -0.25) is 4.79 Å². The van der Waals surface area contributed by atoms with E-state index in [1.54, 1.807) is 0 Å². The van der Waals surface area contributed by atoms with Gasteiger partial charge in [-0.15, -0.1) is 0 Å². The summed E-state index contributed by atoms with van der Waals surface area (Å²) < 4.78 is 0. The average Bonchev–Trinajstić information content (AvgIpc) is 2.38. The normalized spacial score (nSPS) is 16.1. The first-order chi connectivity index (χ1) is 8.20. The van der Waals surface area contributed by atoms with Gasteiger partial charge in [0.25, 0.3) is 0 Å². The van der Waals surface area contributed by atoms with Gasteiger partial charge in [0.1, 0.15) is 0 Å². The largest absolute Gasteiger partial charge is 0.348 e. The van der Waals surface area contributed by atoms with Crippen molar-refractivity contribution in [3.63, 3.8) is 0 Å². The monoisotopic (exact) mass is 232 g/mol. The molecule has 0 fully saturated rings. The van der Waals surface area contributed by atoms with Crippen molar-refractivity contribution >= 4 is 5.91 Å². The smallest absolute Gasteiger partial charge is 0.234 e. The van der Waals surface area contributed by atoms with Crippen LogP contribution in [0.4, 0.5) is 0 Å². The van der Waals surface area contributed by atoms with Crippen LogP contribution in [0.1, 0.15) is 42.5 Å². The summed E-state index contributed by atoms with van der Waals surface area (Å²) in [4.78, 5) is 11.2. The highest BCUT2D eigenvalue weighted by molar-refractivity contribution is 5.78. The van der Waals surface area contributed by atoms with Crippen molar-refractivity contribution in [3.05, 3.63) is 34.9 Å². The van der Waals surface area contributed by atoms with E-state index in [2.05, 4.69) is 23.5 Å². The van der Waals surface area contributed by atoms with Crippen LogP contribution in [0.15, 0.2) is 18.2 Å². The van der Waals surface area contributed by atoms with Crippen molar-refractivity contribution in [2.45, 2.75) is 38.6 Å². The van der Waals surface area contributed by atoms with E-state index in [1.807, 2.05) is 6.92 Å². The van der Waals surface area contributed by atoms with E-state index >= 15 is 0 Å². The minimum atomic E-state index is -0.102. The van der Waals surface area contributed by atoms with Crippen molar-refractivity contribution in [2.75, 3.05) is 6.54 Å². The molecule has 1 amide bonds. The Bertz CT molecular complexity index is 415. The summed E-state index contributed by atoms with van der Waals surface area (Å²) in [5.41, 5.74) is 9.39. The van der Waals surface area contributed by atoms with Gasteiger partial charge in [0, 0.05) is 0 Å². The first-order valence-electron chi connectivity index (χ1n) is 6.32. The van der Waals surface area contributed by atoms with Crippen LogP contribution in [0.2, 0.25) is 0 Å². The number of nitrogens with two attached hydrogens (primary N) is 1. The molecule has 1 aliphatic carbocycles. The molecule has 0 aromatic heterocycles. The molecule has 0 bridgehead atoms. The number of hydrogen-bond donors (Lipinski definition) is 2. The number of aryl methyl sites for hydroxylation is 2. The Labute approximate surface area is 102 Å². The van der Waals surface area contributed by atoms with E-state index in [1.165, 1.54) is 42.4 Å². The number of amides is 1. The molecule has 0 saturated carbocycles. The fourth-order valence-corrected chi connectivity index (χ4v) is 2.41. The fourth-order valence-electron chi connectivity index (χ4n) is 2.41. The minimum Gasteiger partial charge on any atom is -0.348 e. The lowest BCUT2D eigenvalue weighted by Gasteiger charge is -2.19. The lowest BCUT2D eigenvalue weighted by molar-refractivity contribution is -0.120. The molecule has 92 valence electrons. The van der Waals surface area contributed by atoms with Crippen LogP contribution < -0.4 is 11.1 Å². The second-order valence-corrected chi connectivity index (χ2v) is 4.73. The third kappa shape index (κ3) is 2.86. The van der Waals surface area contributed by atoms with Gasteiger partial charge in [0.15, 0.2) is 0 Å². The predicted molar refractivity (Wildman–Crippen MR) is 68.7 cm³/mol. The molecule has 0 saturated heterocycles. The zero-order valence-electron chi connectivity index (χ0n) is 10.3. The Hall–Kier alpha value is -1.35. The molecule has 0 aliphatic heterocycles. The number of benzene rings is 1. The average molecular weight is 232 g/mol. The molecule has 1 aromatic rings. The second kappa shape index (κ2) is 5.32. The van der Waals surface area contributed by atoms with Crippen LogP contribution in [0, 0.1) is 0 Å². The molecule has 1 atom stereocenters. The number of fused-ring (bicyclic) bond motifs is 1. The van der Waals surface area contributed by atoms with Gasteiger partial charge in [-0.05, 0) is 49.3 Å². The molecular weight excluding hydrogens is 212 g/mol. The number of carbonyl (C=O) groups excluding carboxylic acids is 1. The van der Waals surface area contributed by atoms with Crippen molar-refractivity contribution in [1.29, 1.82) is 0 Å². The summed E-state index contributed by atoms with van der Waals surface area (Å²) in [6.07, 6.45) is 4.94. The molecule has 3 nitrogen and oxygen atoms in total. The zero-order chi connectivity index (χ0) is 12.3. The molecule has 0 spiro atoms. The molecule has 1 aromatic carbocycles. The molecule has 3 heteroatoms. The molecule has 2 rings (SSSR count). The summed E-state index contributed by atoms with van der Waals surface area (Å²) >= 11 is 0. The zero-order valence-corrected chi connectivity index (χ0v) is 10.3. The van der Waals surface area contributed by atoms with E-state index in [0.29, 0.717) is 0 Å². The summed E-state index contributed by atoms with van der Waals surface area (Å²) in [5, 5.41) is 2.89. The highest BCUT2D eigenvalue weighted by Crippen LogP contribution is 2.24. The van der Waals surface area contributed by atoms with Crippen molar-refractivity contribution in [2.24, 2.45) is 5.73 Å². The van der Waals surface area contributed by atoms with Crippen LogP contribution >= 0.6 is 0 Å². The van der Waals surface area contributed by atoms with Gasteiger partial charge in [-0.2, -0.15) is 0 Å². The molecule has 0 heterocycles. The summed E-state index contributed by atoms with van der Waals surface area (Å²) in [6.45, 7) is 2.05. The third-order valence-corrected chi connectivity index (χ3v) is 3.44. The maximum absolute atomic E-state index is 11.2. The molecular formula is C14H20N2O. The topological polar surface area (TPSA) is 55.1 Å². The highest BCUT2D eigenvalue weighted by atomic mass is 16.1. The minimum absolute atomic E-state index is 0.0401. The van der Waals surface area contributed by atoms with Gasteiger partial charge in [-0.1, -0.05) is 18.2 Å². The predicted octanol–water partition coefficient (Wildman–Crippen LogP) is 1.70. The second-order valence-electron chi connectivity index (χ2n) is 4.73. The quantitative estimate of drug-likeness (QED) is 0.833. The molecule has 1 aliphatic rings. The van der Waals surface area contributed by atoms with E-state index in [9.17, 15) is 4.79 Å². The highest BCUT2D eigenvalue weighted by Gasteiger charge is 2.13. The summed E-state index contributed by atoms with van der Waals surface area (Å²) in [6, 6.07) is 6.59. The Kier molecular flexibility index (Phi) is 3.79. The van der Waals surface area contributed by atoms with Crippen LogP contribution in [0.5, 0.6) is 0 Å². The lowest BCUT2D eigenvalue weighted by atomic mass is 9.89.